The molecule has 0 spiro atoms. The van der Waals surface area contributed by atoms with Gasteiger partial charge in [-0.3, -0.25) is 14.4 Å². The van der Waals surface area contributed by atoms with Crippen LogP contribution < -0.4 is 21.3 Å². The molecule has 4 aromatic rings. The molecule has 1 unspecified atom stereocenters. The predicted octanol–water partition coefficient (Wildman–Crippen LogP) is 4.03. The highest BCUT2D eigenvalue weighted by molar-refractivity contribution is 5.93. The number of fused-ring (bicyclic) bond motifs is 1. The van der Waals surface area contributed by atoms with E-state index in [1.165, 1.54) is 12.5 Å². The lowest BCUT2D eigenvalue weighted by molar-refractivity contribution is -0.134. The van der Waals surface area contributed by atoms with Gasteiger partial charge >= 0.3 is 6.09 Å². The Balaban J connectivity index is 1.54. The summed E-state index contributed by atoms with van der Waals surface area (Å²) in [7, 11) is 0. The van der Waals surface area contributed by atoms with Crippen molar-refractivity contribution in [3.8, 4) is 0 Å². The first-order valence-electron chi connectivity index (χ1n) is 19.6. The van der Waals surface area contributed by atoms with E-state index >= 15 is 0 Å². The van der Waals surface area contributed by atoms with E-state index in [2.05, 4.69) is 31.2 Å². The van der Waals surface area contributed by atoms with Crippen molar-refractivity contribution < 1.29 is 39.2 Å². The summed E-state index contributed by atoms with van der Waals surface area (Å²) in [6.07, 6.45) is 1.46. The molecule has 4 rings (SSSR count). The third-order valence-corrected chi connectivity index (χ3v) is 9.68. The Kier molecular flexibility index (Phi) is 17.0. The molecule has 14 nitrogen and oxygen atoms in total. The number of benzene rings is 3. The molecule has 0 saturated carbocycles. The minimum Gasteiger partial charge on any atom is -0.445 e. The number of nitrogens with one attached hydrogen (secondary N) is 5. The lowest BCUT2D eigenvalue weighted by atomic mass is 9.95. The summed E-state index contributed by atoms with van der Waals surface area (Å²) in [6.45, 7) is 7.41. The van der Waals surface area contributed by atoms with Crippen LogP contribution in [0.2, 0.25) is 0 Å². The fourth-order valence-corrected chi connectivity index (χ4v) is 6.61. The normalized spacial score (nSPS) is 14.6. The lowest BCUT2D eigenvalue weighted by Crippen LogP contribution is -2.58. The van der Waals surface area contributed by atoms with Crippen LogP contribution in [-0.4, -0.2) is 85.7 Å². The number of aromatic nitrogens is 2. The number of aliphatic hydroxyl groups excluding tert-OH is 2. The zero-order valence-electron chi connectivity index (χ0n) is 33.2. The number of H-pyrrole nitrogens is 1. The highest BCUT2D eigenvalue weighted by Crippen LogP contribution is 2.21. The summed E-state index contributed by atoms with van der Waals surface area (Å²) in [4.78, 5) is 61.7. The SMILES string of the molecule is CC(C)CCC(O)(CCO)NC(=O)C[C@H](O)[C@H](CC(C)C)NC(=O)[C@H](Cc1cnc[nH]1)NC(=O)[C@H](Cc1cccc2ccccc12)NC(=O)OCc1ccccc1. The predicted molar refractivity (Wildman–Crippen MR) is 216 cm³/mol. The maximum atomic E-state index is 14.2. The van der Waals surface area contributed by atoms with Gasteiger partial charge in [-0.25, -0.2) is 9.78 Å². The van der Waals surface area contributed by atoms with E-state index in [-0.39, 0.29) is 57.2 Å². The largest absolute Gasteiger partial charge is 0.445 e. The van der Waals surface area contributed by atoms with Gasteiger partial charge in [0, 0.05) is 37.8 Å². The van der Waals surface area contributed by atoms with Gasteiger partial charge < -0.3 is 46.3 Å². The van der Waals surface area contributed by atoms with Crippen molar-refractivity contribution in [3.05, 3.63) is 102 Å². The Bertz CT molecular complexity index is 1870. The van der Waals surface area contributed by atoms with Crippen molar-refractivity contribution >= 4 is 34.6 Å². The van der Waals surface area contributed by atoms with E-state index in [1.54, 1.807) is 0 Å². The number of carbonyl (C=O) groups excluding carboxylic acids is 4. The first-order chi connectivity index (χ1) is 27.2. The van der Waals surface area contributed by atoms with Crippen LogP contribution in [0.4, 0.5) is 4.79 Å². The fourth-order valence-electron chi connectivity index (χ4n) is 6.61. The summed E-state index contributed by atoms with van der Waals surface area (Å²) in [5.41, 5.74) is 0.443. The van der Waals surface area contributed by atoms with Crippen molar-refractivity contribution in [2.45, 2.75) is 109 Å². The Labute approximate surface area is 334 Å². The summed E-state index contributed by atoms with van der Waals surface area (Å²) < 4.78 is 5.48. The number of hydrogen-bond acceptors (Lipinski definition) is 9. The van der Waals surface area contributed by atoms with Gasteiger partial charge in [-0.2, -0.15) is 0 Å². The van der Waals surface area contributed by atoms with Crippen molar-refractivity contribution in [2.75, 3.05) is 6.61 Å². The Morgan fingerprint density at radius 3 is 2.19 bits per heavy atom. The van der Waals surface area contributed by atoms with Gasteiger partial charge in [0.05, 0.1) is 24.9 Å². The minimum absolute atomic E-state index is 0.00790. The molecule has 5 atom stereocenters. The molecule has 1 aromatic heterocycles. The zero-order chi connectivity index (χ0) is 41.4. The molecule has 8 N–H and O–H groups in total. The molecule has 57 heavy (non-hydrogen) atoms. The first kappa shape index (κ1) is 44.4. The van der Waals surface area contributed by atoms with Crippen molar-refractivity contribution in [1.82, 2.24) is 31.2 Å². The second kappa shape index (κ2) is 21.8. The Hall–Kier alpha value is -5.31. The van der Waals surface area contributed by atoms with E-state index < -0.39 is 60.2 Å². The van der Waals surface area contributed by atoms with Gasteiger partial charge in [0.1, 0.15) is 24.4 Å². The lowest BCUT2D eigenvalue weighted by Gasteiger charge is -2.31. The van der Waals surface area contributed by atoms with Gasteiger partial charge in [0.2, 0.25) is 17.7 Å². The van der Waals surface area contributed by atoms with Gasteiger partial charge in [-0.15, -0.1) is 0 Å². The average Bonchev–Trinajstić information content (AvgIpc) is 3.69. The smallest absolute Gasteiger partial charge is 0.408 e. The second-order valence-corrected chi connectivity index (χ2v) is 15.4. The average molecular weight is 787 g/mol. The zero-order valence-corrected chi connectivity index (χ0v) is 33.2. The van der Waals surface area contributed by atoms with Crippen molar-refractivity contribution in [2.24, 2.45) is 11.8 Å². The number of rotatable bonds is 22. The van der Waals surface area contributed by atoms with E-state index in [0.29, 0.717) is 12.1 Å². The molecule has 3 aromatic carbocycles. The summed E-state index contributed by atoms with van der Waals surface area (Å²) in [5.74, 6) is -1.69. The number of aromatic amines is 1. The van der Waals surface area contributed by atoms with E-state index in [4.69, 9.17) is 4.74 Å². The molecule has 0 bridgehead atoms. The molecule has 0 aliphatic carbocycles. The second-order valence-electron chi connectivity index (χ2n) is 15.4. The van der Waals surface area contributed by atoms with Crippen molar-refractivity contribution in [3.63, 3.8) is 0 Å². The van der Waals surface area contributed by atoms with Gasteiger partial charge in [0.25, 0.3) is 0 Å². The van der Waals surface area contributed by atoms with Gasteiger partial charge in [-0.05, 0) is 53.0 Å². The van der Waals surface area contributed by atoms with Crippen LogP contribution in [0, 0.1) is 11.8 Å². The summed E-state index contributed by atoms with van der Waals surface area (Å²) >= 11 is 0. The number of ether oxygens (including phenoxy) is 1. The number of aliphatic hydroxyl groups is 3. The molecule has 0 radical (unpaired) electrons. The molecule has 0 fully saturated rings. The molecule has 4 amide bonds. The highest BCUT2D eigenvalue weighted by atomic mass is 16.5. The molecule has 0 saturated heterocycles. The van der Waals surface area contributed by atoms with Crippen LogP contribution in [0.5, 0.6) is 0 Å². The van der Waals surface area contributed by atoms with Gasteiger partial charge in [-0.1, -0.05) is 100 Å². The first-order valence-corrected chi connectivity index (χ1v) is 19.6. The molecule has 308 valence electrons. The number of imidazole rings is 1. The summed E-state index contributed by atoms with van der Waals surface area (Å²) in [6, 6.07) is 19.2. The van der Waals surface area contributed by atoms with E-state index in [0.717, 1.165) is 21.9 Å². The van der Waals surface area contributed by atoms with Crippen LogP contribution >= 0.6 is 0 Å². The monoisotopic (exact) mass is 786 g/mol. The van der Waals surface area contributed by atoms with Crippen LogP contribution in [0.3, 0.4) is 0 Å². The fraction of sp³-hybridized carbons (Fsp3) is 0.465. The maximum absolute atomic E-state index is 14.2. The summed E-state index contributed by atoms with van der Waals surface area (Å²) in [5, 5.41) is 44.7. The molecular formula is C43H58N6O8. The number of hydrogen-bond donors (Lipinski definition) is 8. The highest BCUT2D eigenvalue weighted by Gasteiger charge is 2.34. The topological polar surface area (TPSA) is 215 Å². The van der Waals surface area contributed by atoms with Crippen LogP contribution in [0.1, 0.15) is 76.6 Å². The number of amides is 4. The molecular weight excluding hydrogens is 729 g/mol. The number of nitrogens with zero attached hydrogens (tertiary/aromatic N) is 1. The van der Waals surface area contributed by atoms with Crippen molar-refractivity contribution in [1.29, 1.82) is 0 Å². The standard InChI is InChI=1S/C43H58N6O8/c1-28(2)17-18-43(56,19-20-50)49-39(52)24-38(51)35(21-29(3)4)46-41(54)37(23-33-25-44-27-45-33)47-40(53)36(48-42(55)57-26-30-11-6-5-7-12-30)22-32-15-10-14-31-13-8-9-16-34(31)32/h5-16,25,27-29,35-38,50-51,56H,17-24,26H2,1-4H3,(H,44,45)(H,46,54)(H,47,53)(H,48,55)(H,49,52)/t35-,36-,37-,38-,43?/m0/s1. The van der Waals surface area contributed by atoms with Gasteiger partial charge in [0.15, 0.2) is 0 Å². The Morgan fingerprint density at radius 1 is 0.825 bits per heavy atom. The molecule has 1 heterocycles. The van der Waals surface area contributed by atoms with Crippen LogP contribution in [0.15, 0.2) is 85.3 Å². The molecule has 0 aliphatic heterocycles. The third-order valence-electron chi connectivity index (χ3n) is 9.68. The maximum Gasteiger partial charge on any atom is 0.408 e. The Morgan fingerprint density at radius 2 is 1.51 bits per heavy atom. The number of carbonyl (C=O) groups is 4. The van der Waals surface area contributed by atoms with Crippen LogP contribution in [-0.2, 0) is 38.6 Å². The minimum atomic E-state index is -1.66. The van der Waals surface area contributed by atoms with E-state index in [9.17, 15) is 34.5 Å². The third kappa shape index (κ3) is 14.6. The molecule has 14 heteroatoms. The van der Waals surface area contributed by atoms with Crippen LogP contribution in [0.25, 0.3) is 10.8 Å². The van der Waals surface area contributed by atoms with E-state index in [1.807, 2.05) is 100 Å². The quantitative estimate of drug-likeness (QED) is 0.0539. The molecule has 0 aliphatic rings. The number of alkyl carbamates (subject to hydrolysis) is 1.